The molecule has 0 radical (unpaired) electrons. The lowest BCUT2D eigenvalue weighted by Crippen LogP contribution is -2.06. The van der Waals surface area contributed by atoms with E-state index >= 15 is 0 Å². The van der Waals surface area contributed by atoms with Gasteiger partial charge in [-0.1, -0.05) is 42.5 Å². The summed E-state index contributed by atoms with van der Waals surface area (Å²) < 4.78 is 22.3. The molecule has 5 aromatic rings. The van der Waals surface area contributed by atoms with Crippen molar-refractivity contribution < 1.29 is 33.3 Å². The smallest absolute Gasteiger partial charge is 0.310 e. The Morgan fingerprint density at radius 1 is 0.857 bits per heavy atom. The molecule has 2 heterocycles. The summed E-state index contributed by atoms with van der Waals surface area (Å²) in [4.78, 5) is 25.4. The zero-order valence-electron chi connectivity index (χ0n) is 18.8. The number of benzene rings is 3. The molecule has 0 unspecified atom stereocenters. The number of hydrogen-bond acceptors (Lipinski definition) is 8. The van der Waals surface area contributed by atoms with Crippen molar-refractivity contribution in [3.05, 3.63) is 76.5 Å². The van der Waals surface area contributed by atoms with Gasteiger partial charge in [-0.25, -0.2) is 0 Å². The van der Waals surface area contributed by atoms with E-state index in [4.69, 9.17) is 18.3 Å². The first-order valence-electron chi connectivity index (χ1n) is 10.7. The predicted molar refractivity (Wildman–Crippen MR) is 129 cm³/mol. The van der Waals surface area contributed by atoms with Gasteiger partial charge in [0.1, 0.15) is 22.7 Å². The first kappa shape index (κ1) is 22.1. The Bertz CT molecular complexity index is 1640. The minimum absolute atomic E-state index is 0.0153. The van der Waals surface area contributed by atoms with Gasteiger partial charge in [0.2, 0.25) is 5.75 Å². The zero-order valence-corrected chi connectivity index (χ0v) is 18.8. The topological polar surface area (TPSA) is 119 Å². The monoisotopic (exact) mass is 472 g/mol. The van der Waals surface area contributed by atoms with Crippen molar-refractivity contribution in [2.75, 3.05) is 14.2 Å². The van der Waals surface area contributed by atoms with Crippen molar-refractivity contribution in [3.8, 4) is 39.9 Å². The Morgan fingerprint density at radius 3 is 2.31 bits per heavy atom. The highest BCUT2D eigenvalue weighted by Crippen LogP contribution is 2.47. The van der Waals surface area contributed by atoms with Crippen LogP contribution in [-0.2, 0) is 16.0 Å². The normalized spacial score (nSPS) is 11.1. The fourth-order valence-corrected chi connectivity index (χ4v) is 4.12. The summed E-state index contributed by atoms with van der Waals surface area (Å²) >= 11 is 0. The van der Waals surface area contributed by atoms with E-state index in [0.29, 0.717) is 22.4 Å². The molecule has 0 aliphatic rings. The van der Waals surface area contributed by atoms with Crippen LogP contribution in [0.4, 0.5) is 0 Å². The number of fused-ring (bicyclic) bond motifs is 3. The SMILES string of the molecule is COC(=O)Cc1c(-c2cccc(OC)c2)oc2c(O)c(O)c3c(=O)cc(-c4ccccc4)oc3c12. The Hall–Kier alpha value is -4.72. The third kappa shape index (κ3) is 3.65. The second-order valence-corrected chi connectivity index (χ2v) is 7.84. The van der Waals surface area contributed by atoms with Gasteiger partial charge in [-0.2, -0.15) is 0 Å². The van der Waals surface area contributed by atoms with Gasteiger partial charge < -0.3 is 28.5 Å². The van der Waals surface area contributed by atoms with E-state index in [1.807, 2.05) is 6.07 Å². The maximum Gasteiger partial charge on any atom is 0.310 e. The molecule has 8 heteroatoms. The molecule has 35 heavy (non-hydrogen) atoms. The molecule has 0 bridgehead atoms. The third-order valence-corrected chi connectivity index (χ3v) is 5.80. The largest absolute Gasteiger partial charge is 0.504 e. The predicted octanol–water partition coefficient (Wildman–Crippen LogP) is 5.01. The second kappa shape index (κ2) is 8.57. The van der Waals surface area contributed by atoms with Gasteiger partial charge >= 0.3 is 5.97 Å². The maximum absolute atomic E-state index is 13.1. The van der Waals surface area contributed by atoms with E-state index in [0.717, 1.165) is 0 Å². The number of esters is 1. The van der Waals surface area contributed by atoms with Gasteiger partial charge in [0.25, 0.3) is 0 Å². The molecule has 176 valence electrons. The summed E-state index contributed by atoms with van der Waals surface area (Å²) in [5.74, 6) is -0.841. The average molecular weight is 472 g/mol. The number of rotatable bonds is 5. The number of hydrogen-bond donors (Lipinski definition) is 2. The molecule has 8 nitrogen and oxygen atoms in total. The van der Waals surface area contributed by atoms with E-state index in [1.165, 1.54) is 20.3 Å². The van der Waals surface area contributed by atoms with Crippen LogP contribution in [0.3, 0.4) is 0 Å². The summed E-state index contributed by atoms with van der Waals surface area (Å²) in [6, 6.07) is 17.1. The minimum Gasteiger partial charge on any atom is -0.504 e. The molecule has 3 aromatic carbocycles. The van der Waals surface area contributed by atoms with Crippen LogP contribution in [0.1, 0.15) is 5.56 Å². The van der Waals surface area contributed by atoms with Crippen LogP contribution in [-0.4, -0.2) is 30.4 Å². The summed E-state index contributed by atoms with van der Waals surface area (Å²) in [6.45, 7) is 0. The maximum atomic E-state index is 13.1. The van der Waals surface area contributed by atoms with Gasteiger partial charge in [-0.3, -0.25) is 9.59 Å². The standard InChI is InChI=1S/C27H20O8/c1-32-16-10-6-9-15(11-16)25-17(12-20(29)33-2)21-26-22(23(30)24(31)27(21)35-25)18(28)13-19(34-26)14-7-4-3-5-8-14/h3-11,13,30-31H,12H2,1-2H3. The highest BCUT2D eigenvalue weighted by molar-refractivity contribution is 6.13. The van der Waals surface area contributed by atoms with Crippen LogP contribution in [0, 0.1) is 0 Å². The summed E-state index contributed by atoms with van der Waals surface area (Å²) in [5, 5.41) is 21.4. The van der Waals surface area contributed by atoms with Gasteiger partial charge in [0.15, 0.2) is 22.3 Å². The molecular formula is C27H20O8. The lowest BCUT2D eigenvalue weighted by molar-refractivity contribution is -0.139. The molecule has 0 aliphatic heterocycles. The number of phenolic OH excluding ortho intramolecular Hbond substituents is 2. The van der Waals surface area contributed by atoms with Crippen molar-refractivity contribution in [1.82, 2.24) is 0 Å². The zero-order chi connectivity index (χ0) is 24.7. The van der Waals surface area contributed by atoms with Crippen LogP contribution in [0.2, 0.25) is 0 Å². The molecule has 0 atom stereocenters. The van der Waals surface area contributed by atoms with Crippen LogP contribution >= 0.6 is 0 Å². The van der Waals surface area contributed by atoms with E-state index in [-0.39, 0.29) is 39.9 Å². The van der Waals surface area contributed by atoms with Crippen LogP contribution < -0.4 is 10.2 Å². The molecule has 0 spiro atoms. The van der Waals surface area contributed by atoms with Crippen LogP contribution in [0.15, 0.2) is 74.3 Å². The number of ether oxygens (including phenoxy) is 2. The van der Waals surface area contributed by atoms with E-state index in [2.05, 4.69) is 0 Å². The Labute approximate surface area is 198 Å². The molecule has 0 saturated carbocycles. The van der Waals surface area contributed by atoms with Crippen molar-refractivity contribution in [3.63, 3.8) is 0 Å². The van der Waals surface area contributed by atoms with Gasteiger partial charge in [0.05, 0.1) is 26.0 Å². The number of carbonyl (C=O) groups is 1. The highest BCUT2D eigenvalue weighted by atomic mass is 16.5. The lowest BCUT2D eigenvalue weighted by Gasteiger charge is -2.08. The van der Waals surface area contributed by atoms with Gasteiger partial charge in [-0.05, 0) is 12.1 Å². The quantitative estimate of drug-likeness (QED) is 0.271. The highest BCUT2D eigenvalue weighted by Gasteiger charge is 2.28. The summed E-state index contributed by atoms with van der Waals surface area (Å²) in [7, 11) is 2.77. The fraction of sp³-hybridized carbons (Fsp3) is 0.111. The van der Waals surface area contributed by atoms with Crippen LogP contribution in [0.25, 0.3) is 44.6 Å². The van der Waals surface area contributed by atoms with Crippen molar-refractivity contribution in [2.24, 2.45) is 0 Å². The summed E-state index contributed by atoms with van der Waals surface area (Å²) in [6.07, 6.45) is -0.241. The number of aromatic hydroxyl groups is 2. The molecule has 0 saturated heterocycles. The lowest BCUT2D eigenvalue weighted by atomic mass is 10.00. The second-order valence-electron chi connectivity index (χ2n) is 7.84. The molecule has 2 N–H and O–H groups in total. The van der Waals surface area contributed by atoms with Gasteiger partial charge in [0, 0.05) is 22.8 Å². The Balaban J connectivity index is 1.93. The first-order valence-corrected chi connectivity index (χ1v) is 10.7. The number of methoxy groups -OCH3 is 2. The molecular weight excluding hydrogens is 452 g/mol. The number of carbonyl (C=O) groups excluding carboxylic acids is 1. The molecule has 0 fully saturated rings. The average Bonchev–Trinajstić information content (AvgIpc) is 3.26. The summed E-state index contributed by atoms with van der Waals surface area (Å²) in [5.41, 5.74) is 0.812. The van der Waals surface area contributed by atoms with Crippen molar-refractivity contribution in [2.45, 2.75) is 6.42 Å². The van der Waals surface area contributed by atoms with Crippen molar-refractivity contribution in [1.29, 1.82) is 0 Å². The number of furan rings is 1. The van der Waals surface area contributed by atoms with E-state index in [1.54, 1.807) is 48.5 Å². The van der Waals surface area contributed by atoms with Crippen molar-refractivity contribution >= 4 is 27.9 Å². The van der Waals surface area contributed by atoms with Crippen LogP contribution in [0.5, 0.6) is 17.2 Å². The Morgan fingerprint density at radius 2 is 1.60 bits per heavy atom. The first-order chi connectivity index (χ1) is 16.9. The molecule has 0 aliphatic carbocycles. The fourth-order valence-electron chi connectivity index (χ4n) is 4.12. The minimum atomic E-state index is -0.670. The number of phenols is 2. The Kier molecular flexibility index (Phi) is 5.41. The molecule has 0 amide bonds. The third-order valence-electron chi connectivity index (χ3n) is 5.80. The van der Waals surface area contributed by atoms with Gasteiger partial charge in [-0.15, -0.1) is 0 Å². The van der Waals surface area contributed by atoms with E-state index in [9.17, 15) is 19.8 Å². The van der Waals surface area contributed by atoms with E-state index < -0.39 is 22.9 Å². The molecule has 2 aromatic heterocycles. The molecule has 5 rings (SSSR count).